The molecular weight excluding hydrogens is 387 g/mol. The van der Waals surface area contributed by atoms with Gasteiger partial charge in [0.1, 0.15) is 11.6 Å². The van der Waals surface area contributed by atoms with E-state index in [1.165, 1.54) is 35.2 Å². The zero-order valence-corrected chi connectivity index (χ0v) is 16.2. The molecule has 6 nitrogen and oxygen atoms in total. The lowest BCUT2D eigenvalue weighted by Gasteiger charge is -2.10. The van der Waals surface area contributed by atoms with Gasteiger partial charge in [0.2, 0.25) is 11.0 Å². The molecule has 1 aromatic heterocycles. The number of nitrogens with one attached hydrogen (secondary N) is 2. The number of carbonyl (C=O) groups excluding carboxylic acids is 1. The fourth-order valence-electron chi connectivity index (χ4n) is 2.17. The van der Waals surface area contributed by atoms with Crippen LogP contribution in [0.3, 0.4) is 0 Å². The molecule has 1 atom stereocenters. The summed E-state index contributed by atoms with van der Waals surface area (Å²) in [7, 11) is 1.59. The summed E-state index contributed by atoms with van der Waals surface area (Å²) in [6, 6.07) is 13.5. The predicted octanol–water partition coefficient (Wildman–Crippen LogP) is 4.55. The second kappa shape index (κ2) is 8.83. The number of ether oxygens (including phenoxy) is 1. The van der Waals surface area contributed by atoms with Crippen molar-refractivity contribution in [2.75, 3.05) is 17.7 Å². The van der Waals surface area contributed by atoms with Crippen LogP contribution in [0.25, 0.3) is 0 Å². The van der Waals surface area contributed by atoms with E-state index in [1.807, 2.05) is 24.3 Å². The van der Waals surface area contributed by atoms with Gasteiger partial charge in [-0.2, -0.15) is 0 Å². The van der Waals surface area contributed by atoms with E-state index in [2.05, 4.69) is 20.8 Å². The molecule has 0 spiro atoms. The lowest BCUT2D eigenvalue weighted by atomic mass is 10.3. The normalized spacial score (nSPS) is 11.7. The van der Waals surface area contributed by atoms with Crippen LogP contribution in [0.4, 0.5) is 20.9 Å². The van der Waals surface area contributed by atoms with Gasteiger partial charge in [0, 0.05) is 0 Å². The van der Waals surface area contributed by atoms with Gasteiger partial charge < -0.3 is 15.4 Å². The molecule has 0 saturated carbocycles. The number of halogens is 1. The van der Waals surface area contributed by atoms with Crippen molar-refractivity contribution >= 4 is 45.5 Å². The zero-order valence-electron chi connectivity index (χ0n) is 14.6. The molecule has 9 heteroatoms. The van der Waals surface area contributed by atoms with E-state index in [0.29, 0.717) is 15.2 Å². The highest BCUT2D eigenvalue weighted by molar-refractivity contribution is 8.02. The molecule has 0 aliphatic heterocycles. The van der Waals surface area contributed by atoms with Crippen LogP contribution in [0.5, 0.6) is 5.75 Å². The summed E-state index contributed by atoms with van der Waals surface area (Å²) in [4.78, 5) is 12.3. The van der Waals surface area contributed by atoms with Gasteiger partial charge in [-0.25, -0.2) is 4.39 Å². The third kappa shape index (κ3) is 4.95. The summed E-state index contributed by atoms with van der Waals surface area (Å²) >= 11 is 2.58. The number of hydrogen-bond acceptors (Lipinski definition) is 7. The number of para-hydroxylation sites is 3. The Morgan fingerprint density at radius 2 is 1.85 bits per heavy atom. The Bertz CT molecular complexity index is 935. The third-order valence-electron chi connectivity index (χ3n) is 3.53. The molecule has 2 aromatic carbocycles. The maximum absolute atomic E-state index is 13.7. The first-order valence-corrected chi connectivity index (χ1v) is 9.72. The van der Waals surface area contributed by atoms with Crippen LogP contribution in [0.1, 0.15) is 6.92 Å². The summed E-state index contributed by atoms with van der Waals surface area (Å²) in [6.07, 6.45) is 0. The molecule has 140 valence electrons. The van der Waals surface area contributed by atoms with Crippen molar-refractivity contribution in [1.82, 2.24) is 10.2 Å². The molecule has 0 aliphatic carbocycles. The highest BCUT2D eigenvalue weighted by Crippen LogP contribution is 2.33. The lowest BCUT2D eigenvalue weighted by Crippen LogP contribution is -2.22. The number of rotatable bonds is 7. The Balaban J connectivity index is 1.61. The third-order valence-corrected chi connectivity index (χ3v) is 5.56. The standard InChI is InChI=1S/C18H17FN4O2S2/c1-11(16(24)20-13-8-4-3-7-12(13)19)26-18-23-22-17(27-18)21-14-9-5-6-10-15(14)25-2/h3-11H,1-2H3,(H,20,24)(H,21,22)/t11-/m1/s1. The summed E-state index contributed by atoms with van der Waals surface area (Å²) < 4.78 is 19.6. The number of carbonyl (C=O) groups is 1. The number of aromatic nitrogens is 2. The summed E-state index contributed by atoms with van der Waals surface area (Å²) in [5.74, 6) is -0.0821. The van der Waals surface area contributed by atoms with Crippen molar-refractivity contribution in [3.05, 3.63) is 54.3 Å². The summed E-state index contributed by atoms with van der Waals surface area (Å²) in [5.41, 5.74) is 0.934. The Labute approximate surface area is 164 Å². The number of amides is 1. The number of thioether (sulfide) groups is 1. The monoisotopic (exact) mass is 404 g/mol. The second-order valence-electron chi connectivity index (χ2n) is 5.43. The molecule has 3 rings (SSSR count). The van der Waals surface area contributed by atoms with Crippen LogP contribution in [-0.2, 0) is 4.79 Å². The number of methoxy groups -OCH3 is 1. The molecule has 27 heavy (non-hydrogen) atoms. The first kappa shape index (κ1) is 19.1. The Hall–Kier alpha value is -2.65. The van der Waals surface area contributed by atoms with Crippen LogP contribution in [0, 0.1) is 5.82 Å². The van der Waals surface area contributed by atoms with E-state index in [0.717, 1.165) is 5.69 Å². The fraction of sp³-hybridized carbons (Fsp3) is 0.167. The fourth-order valence-corrected chi connectivity index (χ4v) is 4.08. The van der Waals surface area contributed by atoms with Crippen molar-refractivity contribution in [1.29, 1.82) is 0 Å². The Kier molecular flexibility index (Phi) is 6.25. The van der Waals surface area contributed by atoms with Crippen molar-refractivity contribution in [2.45, 2.75) is 16.5 Å². The molecule has 1 amide bonds. The lowest BCUT2D eigenvalue weighted by molar-refractivity contribution is -0.115. The minimum Gasteiger partial charge on any atom is -0.495 e. The largest absolute Gasteiger partial charge is 0.495 e. The molecule has 0 aliphatic rings. The first-order chi connectivity index (χ1) is 13.1. The van der Waals surface area contributed by atoms with E-state index in [4.69, 9.17) is 4.74 Å². The van der Waals surface area contributed by atoms with Crippen LogP contribution in [-0.4, -0.2) is 28.5 Å². The highest BCUT2D eigenvalue weighted by atomic mass is 32.2. The van der Waals surface area contributed by atoms with Gasteiger partial charge >= 0.3 is 0 Å². The average molecular weight is 404 g/mol. The van der Waals surface area contributed by atoms with Crippen molar-refractivity contribution in [3.63, 3.8) is 0 Å². The van der Waals surface area contributed by atoms with Crippen molar-refractivity contribution < 1.29 is 13.9 Å². The molecule has 3 aromatic rings. The van der Waals surface area contributed by atoms with E-state index in [-0.39, 0.29) is 11.6 Å². The number of benzene rings is 2. The van der Waals surface area contributed by atoms with Gasteiger partial charge in [0.25, 0.3) is 0 Å². The predicted molar refractivity (Wildman–Crippen MR) is 107 cm³/mol. The van der Waals surface area contributed by atoms with Crippen molar-refractivity contribution in [2.24, 2.45) is 0 Å². The Morgan fingerprint density at radius 3 is 2.59 bits per heavy atom. The van der Waals surface area contributed by atoms with Crippen molar-refractivity contribution in [3.8, 4) is 5.75 Å². The van der Waals surface area contributed by atoms with Gasteiger partial charge in [-0.3, -0.25) is 4.79 Å². The second-order valence-corrected chi connectivity index (χ2v) is 7.99. The van der Waals surface area contributed by atoms with Crippen LogP contribution >= 0.6 is 23.1 Å². The number of hydrogen-bond donors (Lipinski definition) is 2. The van der Waals surface area contributed by atoms with Crippen LogP contribution in [0.2, 0.25) is 0 Å². The molecule has 2 N–H and O–H groups in total. The smallest absolute Gasteiger partial charge is 0.237 e. The molecule has 0 saturated heterocycles. The maximum Gasteiger partial charge on any atom is 0.237 e. The van der Waals surface area contributed by atoms with Gasteiger partial charge in [-0.1, -0.05) is 47.4 Å². The van der Waals surface area contributed by atoms with Gasteiger partial charge in [-0.15, -0.1) is 10.2 Å². The maximum atomic E-state index is 13.7. The topological polar surface area (TPSA) is 76.1 Å². The highest BCUT2D eigenvalue weighted by Gasteiger charge is 2.18. The average Bonchev–Trinajstić information content (AvgIpc) is 3.10. The van der Waals surface area contributed by atoms with Gasteiger partial charge in [-0.05, 0) is 31.2 Å². The molecule has 0 bridgehead atoms. The molecule has 1 heterocycles. The molecule has 0 fully saturated rings. The minimum atomic E-state index is -0.470. The zero-order chi connectivity index (χ0) is 19.2. The summed E-state index contributed by atoms with van der Waals surface area (Å²) in [5, 5.41) is 14.0. The van der Waals surface area contributed by atoms with E-state index >= 15 is 0 Å². The van der Waals surface area contributed by atoms with Crippen LogP contribution < -0.4 is 15.4 Å². The number of anilines is 3. The summed E-state index contributed by atoms with van der Waals surface area (Å²) in [6.45, 7) is 1.73. The van der Waals surface area contributed by atoms with Gasteiger partial charge in [0.05, 0.1) is 23.7 Å². The SMILES string of the molecule is COc1ccccc1Nc1nnc(S[C@H](C)C(=O)Nc2ccccc2F)s1. The quantitative estimate of drug-likeness (QED) is 0.563. The Morgan fingerprint density at radius 1 is 1.15 bits per heavy atom. The first-order valence-electron chi connectivity index (χ1n) is 8.02. The molecule has 0 unspecified atom stereocenters. The van der Waals surface area contributed by atoms with E-state index < -0.39 is 11.1 Å². The minimum absolute atomic E-state index is 0.158. The van der Waals surface area contributed by atoms with E-state index in [1.54, 1.807) is 26.2 Å². The van der Waals surface area contributed by atoms with E-state index in [9.17, 15) is 9.18 Å². The van der Waals surface area contributed by atoms with Crippen LogP contribution in [0.15, 0.2) is 52.9 Å². The molecule has 0 radical (unpaired) electrons. The molecular formula is C18H17FN4O2S2. The van der Waals surface area contributed by atoms with Gasteiger partial charge in [0.15, 0.2) is 4.34 Å². The number of nitrogens with zero attached hydrogens (tertiary/aromatic N) is 2.